The fourth-order valence-corrected chi connectivity index (χ4v) is 6.32. The Morgan fingerprint density at radius 2 is 2.00 bits per heavy atom. The molecule has 1 aliphatic carbocycles. The van der Waals surface area contributed by atoms with Gasteiger partial charge in [-0.3, -0.25) is 9.59 Å². The number of nitrogens with one attached hydrogen (secondary N) is 1. The molecule has 5 nitrogen and oxygen atoms in total. The highest BCUT2D eigenvalue weighted by Crippen LogP contribution is 2.36. The molecule has 1 atom stereocenters. The van der Waals surface area contributed by atoms with Crippen molar-refractivity contribution in [2.45, 2.75) is 63.4 Å². The zero-order valence-corrected chi connectivity index (χ0v) is 17.5. The lowest BCUT2D eigenvalue weighted by atomic mass is 9.89. The van der Waals surface area contributed by atoms with E-state index >= 15 is 0 Å². The van der Waals surface area contributed by atoms with Gasteiger partial charge in [0.15, 0.2) is 5.16 Å². The van der Waals surface area contributed by atoms with E-state index in [0.29, 0.717) is 16.8 Å². The van der Waals surface area contributed by atoms with Crippen molar-refractivity contribution >= 4 is 39.2 Å². The fourth-order valence-electron chi connectivity index (χ4n) is 4.12. The third-order valence-corrected chi connectivity index (χ3v) is 7.69. The Labute approximate surface area is 167 Å². The van der Waals surface area contributed by atoms with E-state index in [0.717, 1.165) is 55.4 Å². The molecule has 0 spiro atoms. The van der Waals surface area contributed by atoms with Crippen LogP contribution < -0.4 is 5.56 Å². The molecule has 1 saturated heterocycles. The lowest BCUT2D eigenvalue weighted by molar-refractivity contribution is -0.128. The van der Waals surface area contributed by atoms with Gasteiger partial charge in [0.2, 0.25) is 5.91 Å². The van der Waals surface area contributed by atoms with Crippen LogP contribution >= 0.6 is 23.1 Å². The first-order valence-corrected chi connectivity index (χ1v) is 11.9. The maximum absolute atomic E-state index is 12.6. The number of carbonyl (C=O) groups is 1. The highest BCUT2D eigenvalue weighted by Gasteiger charge is 2.23. The van der Waals surface area contributed by atoms with Gasteiger partial charge in [-0.2, -0.15) is 0 Å². The number of carbonyl (C=O) groups excluding carboxylic acids is 1. The summed E-state index contributed by atoms with van der Waals surface area (Å²) < 4.78 is 0. The van der Waals surface area contributed by atoms with Crippen molar-refractivity contribution in [3.8, 4) is 0 Å². The monoisotopic (exact) mass is 405 g/mol. The molecule has 2 aromatic rings. The van der Waals surface area contributed by atoms with Gasteiger partial charge in [-0.1, -0.05) is 37.9 Å². The molecule has 0 saturated carbocycles. The van der Waals surface area contributed by atoms with Crippen molar-refractivity contribution in [3.05, 3.63) is 20.8 Å². The summed E-state index contributed by atoms with van der Waals surface area (Å²) in [6, 6.07) is 0. The second-order valence-corrected chi connectivity index (χ2v) is 9.89. The summed E-state index contributed by atoms with van der Waals surface area (Å²) in [4.78, 5) is 36.9. The minimum atomic E-state index is -0.0479. The van der Waals surface area contributed by atoms with Crippen molar-refractivity contribution in [1.29, 1.82) is 0 Å². The lowest BCUT2D eigenvalue weighted by Gasteiger charge is -2.24. The Morgan fingerprint density at radius 3 is 2.78 bits per heavy atom. The number of hydrogen-bond donors (Lipinski definition) is 1. The van der Waals surface area contributed by atoms with Crippen LogP contribution in [0.4, 0.5) is 0 Å². The van der Waals surface area contributed by atoms with Crippen LogP contribution in [-0.4, -0.2) is 39.6 Å². The zero-order chi connectivity index (χ0) is 18.8. The topological polar surface area (TPSA) is 66.1 Å². The standard InChI is InChI=1S/C20H27N3O2S2/c1-13-7-8-14-15(11-13)27-19-17(14)18(25)21-20(22-19)26-12-16(24)23-9-5-3-2-4-6-10-23/h13H,2-12H2,1H3,(H,21,22,25)/t13-/m0/s1. The predicted octanol–water partition coefficient (Wildman–Crippen LogP) is 3.99. The Kier molecular flexibility index (Phi) is 5.88. The van der Waals surface area contributed by atoms with Crippen molar-refractivity contribution in [3.63, 3.8) is 0 Å². The summed E-state index contributed by atoms with van der Waals surface area (Å²) in [6.07, 6.45) is 9.05. The van der Waals surface area contributed by atoms with Crippen molar-refractivity contribution < 1.29 is 4.79 Å². The van der Waals surface area contributed by atoms with E-state index in [1.807, 2.05) is 4.90 Å². The first-order chi connectivity index (χ1) is 13.1. The van der Waals surface area contributed by atoms with Crippen LogP contribution in [0, 0.1) is 5.92 Å². The number of amides is 1. The van der Waals surface area contributed by atoms with E-state index < -0.39 is 0 Å². The third kappa shape index (κ3) is 4.24. The number of thioether (sulfide) groups is 1. The highest BCUT2D eigenvalue weighted by atomic mass is 32.2. The second kappa shape index (κ2) is 8.35. The van der Waals surface area contributed by atoms with Crippen LogP contribution in [0.1, 0.15) is 55.9 Å². The molecular formula is C20H27N3O2S2. The summed E-state index contributed by atoms with van der Waals surface area (Å²) in [7, 11) is 0. The average molecular weight is 406 g/mol. The van der Waals surface area contributed by atoms with Crippen molar-refractivity contribution in [2.75, 3.05) is 18.8 Å². The van der Waals surface area contributed by atoms with Crippen molar-refractivity contribution in [2.24, 2.45) is 5.92 Å². The Morgan fingerprint density at radius 1 is 1.26 bits per heavy atom. The number of rotatable bonds is 3. The van der Waals surface area contributed by atoms with Gasteiger partial charge in [0.25, 0.3) is 5.56 Å². The summed E-state index contributed by atoms with van der Waals surface area (Å²) >= 11 is 3.02. The average Bonchev–Trinajstić information content (AvgIpc) is 2.97. The quantitative estimate of drug-likeness (QED) is 0.619. The van der Waals surface area contributed by atoms with Gasteiger partial charge in [0.05, 0.1) is 11.1 Å². The molecule has 1 amide bonds. The van der Waals surface area contributed by atoms with Gasteiger partial charge in [-0.05, 0) is 43.6 Å². The molecule has 4 rings (SSSR count). The number of aromatic amines is 1. The number of nitrogens with zero attached hydrogens (tertiary/aromatic N) is 2. The first-order valence-electron chi connectivity index (χ1n) is 10.1. The molecule has 146 valence electrons. The molecule has 3 heterocycles. The van der Waals surface area contributed by atoms with E-state index in [2.05, 4.69) is 16.9 Å². The molecule has 0 radical (unpaired) electrons. The van der Waals surface area contributed by atoms with Crippen LogP contribution in [-0.2, 0) is 17.6 Å². The molecule has 0 unspecified atom stereocenters. The second-order valence-electron chi connectivity index (χ2n) is 7.84. The number of thiophene rings is 1. The number of aryl methyl sites for hydroxylation is 1. The smallest absolute Gasteiger partial charge is 0.260 e. The van der Waals surface area contributed by atoms with Gasteiger partial charge >= 0.3 is 0 Å². The SMILES string of the molecule is C[C@H]1CCc2c(sc3nc(SCC(=O)N4CCCCCCC4)[nH]c(=O)c23)C1. The molecule has 0 aromatic carbocycles. The summed E-state index contributed by atoms with van der Waals surface area (Å²) in [6.45, 7) is 3.99. The largest absolute Gasteiger partial charge is 0.342 e. The summed E-state index contributed by atoms with van der Waals surface area (Å²) in [5.74, 6) is 1.18. The van der Waals surface area contributed by atoms with Crippen LogP contribution in [0.3, 0.4) is 0 Å². The van der Waals surface area contributed by atoms with Gasteiger partial charge < -0.3 is 9.88 Å². The van der Waals surface area contributed by atoms with Gasteiger partial charge in [-0.25, -0.2) is 4.98 Å². The van der Waals surface area contributed by atoms with Gasteiger partial charge in [0.1, 0.15) is 4.83 Å². The molecule has 1 fully saturated rings. The Bertz CT molecular complexity index is 881. The van der Waals surface area contributed by atoms with E-state index in [4.69, 9.17) is 0 Å². The van der Waals surface area contributed by atoms with Crippen LogP contribution in [0.2, 0.25) is 0 Å². The molecule has 7 heteroatoms. The maximum Gasteiger partial charge on any atom is 0.260 e. The minimum absolute atomic E-state index is 0.0479. The lowest BCUT2D eigenvalue weighted by Crippen LogP contribution is -2.35. The van der Waals surface area contributed by atoms with E-state index in [9.17, 15) is 9.59 Å². The zero-order valence-electron chi connectivity index (χ0n) is 15.9. The summed E-state index contributed by atoms with van der Waals surface area (Å²) in [5, 5.41) is 1.35. The van der Waals surface area contributed by atoms with E-state index in [1.54, 1.807) is 11.3 Å². The van der Waals surface area contributed by atoms with E-state index in [1.165, 1.54) is 41.5 Å². The fraction of sp³-hybridized carbons (Fsp3) is 0.650. The Balaban J connectivity index is 1.48. The molecule has 27 heavy (non-hydrogen) atoms. The van der Waals surface area contributed by atoms with E-state index in [-0.39, 0.29) is 11.5 Å². The normalized spacial score (nSPS) is 20.9. The van der Waals surface area contributed by atoms with Gasteiger partial charge in [-0.15, -0.1) is 11.3 Å². The molecule has 2 aromatic heterocycles. The highest BCUT2D eigenvalue weighted by molar-refractivity contribution is 7.99. The number of likely N-dealkylation sites (tertiary alicyclic amines) is 1. The Hall–Kier alpha value is -1.34. The van der Waals surface area contributed by atoms with Crippen LogP contribution in [0.25, 0.3) is 10.2 Å². The minimum Gasteiger partial charge on any atom is -0.342 e. The number of hydrogen-bond acceptors (Lipinski definition) is 5. The van der Waals surface area contributed by atoms with Crippen LogP contribution in [0.15, 0.2) is 9.95 Å². The molecule has 2 aliphatic rings. The first kappa shape index (κ1) is 19.0. The van der Waals surface area contributed by atoms with Gasteiger partial charge in [0, 0.05) is 18.0 Å². The van der Waals surface area contributed by atoms with Crippen LogP contribution in [0.5, 0.6) is 0 Å². The molecule has 1 aliphatic heterocycles. The van der Waals surface area contributed by atoms with Crippen molar-refractivity contribution in [1.82, 2.24) is 14.9 Å². The number of H-pyrrole nitrogens is 1. The molecule has 0 bridgehead atoms. The third-order valence-electron chi connectivity index (χ3n) is 5.68. The summed E-state index contributed by atoms with van der Waals surface area (Å²) in [5.41, 5.74) is 1.16. The maximum atomic E-state index is 12.6. The molecular weight excluding hydrogens is 378 g/mol. The predicted molar refractivity (Wildman–Crippen MR) is 112 cm³/mol. The number of aromatic nitrogens is 2. The molecule has 1 N–H and O–H groups in total. The number of fused-ring (bicyclic) bond motifs is 3.